The molecule has 2 aliphatic rings. The predicted molar refractivity (Wildman–Crippen MR) is 51.5 cm³/mol. The molecule has 0 radical (unpaired) electrons. The fourth-order valence-electron chi connectivity index (χ4n) is 2.59. The van der Waals surface area contributed by atoms with Crippen molar-refractivity contribution in [3.05, 3.63) is 12.2 Å². The van der Waals surface area contributed by atoms with E-state index in [4.69, 9.17) is 9.47 Å². The van der Waals surface area contributed by atoms with Crippen LogP contribution in [-0.4, -0.2) is 24.9 Å². The molecule has 2 aliphatic heterocycles. The Kier molecular flexibility index (Phi) is 2.00. The fourth-order valence-corrected chi connectivity index (χ4v) is 2.59. The lowest BCUT2D eigenvalue weighted by molar-refractivity contribution is -0.173. The molecule has 2 nitrogen and oxygen atoms in total. The van der Waals surface area contributed by atoms with Crippen molar-refractivity contribution in [1.29, 1.82) is 0 Å². The Labute approximate surface area is 79.9 Å². The smallest absolute Gasteiger partial charge is 0.0893 e. The molecule has 5 atom stereocenters. The van der Waals surface area contributed by atoms with Gasteiger partial charge in [0.2, 0.25) is 0 Å². The molecule has 2 bridgehead atoms. The zero-order valence-corrected chi connectivity index (χ0v) is 8.78. The highest BCUT2D eigenvalue weighted by molar-refractivity contribution is 5.18. The minimum atomic E-state index is -0.0994. The van der Waals surface area contributed by atoms with Crippen LogP contribution in [0, 0.1) is 11.8 Å². The summed E-state index contributed by atoms with van der Waals surface area (Å²) < 4.78 is 11.5. The van der Waals surface area contributed by atoms with E-state index in [1.54, 1.807) is 7.11 Å². The maximum Gasteiger partial charge on any atom is 0.0893 e. The molecule has 0 aromatic rings. The summed E-state index contributed by atoms with van der Waals surface area (Å²) in [5.74, 6) is 0.898. The first kappa shape index (κ1) is 9.22. The van der Waals surface area contributed by atoms with Gasteiger partial charge < -0.3 is 9.47 Å². The van der Waals surface area contributed by atoms with Gasteiger partial charge in [0.05, 0.1) is 17.8 Å². The molecule has 0 aromatic heterocycles. The van der Waals surface area contributed by atoms with Gasteiger partial charge in [-0.05, 0) is 6.92 Å². The summed E-state index contributed by atoms with van der Waals surface area (Å²) in [4.78, 5) is 0. The first-order chi connectivity index (χ1) is 6.08. The van der Waals surface area contributed by atoms with Crippen LogP contribution in [0.2, 0.25) is 0 Å². The quantitative estimate of drug-likeness (QED) is 0.577. The van der Waals surface area contributed by atoms with Crippen molar-refractivity contribution in [3.63, 3.8) is 0 Å². The average molecular weight is 182 g/mol. The Morgan fingerprint density at radius 2 is 2.08 bits per heavy atom. The second-order valence-corrected chi connectivity index (χ2v) is 4.47. The minimum Gasteiger partial charge on any atom is -0.381 e. The fraction of sp³-hybridized carbons (Fsp3) is 0.818. The largest absolute Gasteiger partial charge is 0.381 e. The Morgan fingerprint density at radius 1 is 1.38 bits per heavy atom. The zero-order chi connectivity index (χ0) is 9.64. The number of ether oxygens (including phenoxy) is 2. The van der Waals surface area contributed by atoms with Gasteiger partial charge in [-0.15, -0.1) is 0 Å². The number of fused-ring (bicyclic) bond motifs is 2. The van der Waals surface area contributed by atoms with Crippen LogP contribution in [0.3, 0.4) is 0 Å². The molecular weight excluding hydrogens is 164 g/mol. The highest BCUT2D eigenvalue weighted by Gasteiger charge is 2.49. The summed E-state index contributed by atoms with van der Waals surface area (Å²) in [5, 5.41) is 0. The molecular formula is C11H18O2. The van der Waals surface area contributed by atoms with Crippen LogP contribution < -0.4 is 0 Å². The van der Waals surface area contributed by atoms with Gasteiger partial charge >= 0.3 is 0 Å². The summed E-state index contributed by atoms with van der Waals surface area (Å²) in [5.41, 5.74) is -0.0994. The van der Waals surface area contributed by atoms with E-state index >= 15 is 0 Å². The third kappa shape index (κ3) is 1.16. The molecule has 0 aliphatic carbocycles. The number of hydrogen-bond donors (Lipinski definition) is 0. The van der Waals surface area contributed by atoms with E-state index in [-0.39, 0.29) is 11.7 Å². The Morgan fingerprint density at radius 3 is 2.69 bits per heavy atom. The van der Waals surface area contributed by atoms with Crippen LogP contribution in [0.1, 0.15) is 20.8 Å². The van der Waals surface area contributed by atoms with Crippen molar-refractivity contribution in [3.8, 4) is 0 Å². The van der Waals surface area contributed by atoms with E-state index in [2.05, 4.69) is 32.9 Å². The molecule has 2 heterocycles. The molecule has 1 saturated heterocycles. The predicted octanol–water partition coefficient (Wildman–Crippen LogP) is 2.00. The van der Waals surface area contributed by atoms with Crippen LogP contribution in [-0.2, 0) is 9.47 Å². The van der Waals surface area contributed by atoms with E-state index in [9.17, 15) is 0 Å². The van der Waals surface area contributed by atoms with E-state index < -0.39 is 0 Å². The van der Waals surface area contributed by atoms with Crippen molar-refractivity contribution in [2.75, 3.05) is 7.11 Å². The molecule has 74 valence electrons. The number of methoxy groups -OCH3 is 1. The molecule has 0 unspecified atom stereocenters. The minimum absolute atomic E-state index is 0.0994. The molecule has 13 heavy (non-hydrogen) atoms. The molecule has 0 spiro atoms. The molecule has 2 rings (SSSR count). The van der Waals surface area contributed by atoms with Crippen LogP contribution in [0.4, 0.5) is 0 Å². The highest BCUT2D eigenvalue weighted by atomic mass is 16.5. The van der Waals surface area contributed by atoms with Gasteiger partial charge in [-0.25, -0.2) is 0 Å². The summed E-state index contributed by atoms with van der Waals surface area (Å²) in [6.45, 7) is 6.55. The second kappa shape index (κ2) is 2.82. The SMILES string of the molecule is CO[C@@H]1[C@H](C)[C@@H]2C=C[C@@](C)(O2)[C@@H]1C. The summed E-state index contributed by atoms with van der Waals surface area (Å²) >= 11 is 0. The normalized spacial score (nSPS) is 54.2. The lowest BCUT2D eigenvalue weighted by Gasteiger charge is -2.44. The van der Waals surface area contributed by atoms with Gasteiger partial charge in [0.15, 0.2) is 0 Å². The Bertz CT molecular complexity index is 236. The van der Waals surface area contributed by atoms with Crippen LogP contribution in [0.15, 0.2) is 12.2 Å². The molecule has 0 N–H and O–H groups in total. The lowest BCUT2D eigenvalue weighted by atomic mass is 9.79. The summed E-state index contributed by atoms with van der Waals surface area (Å²) in [6, 6.07) is 0. The van der Waals surface area contributed by atoms with Crippen molar-refractivity contribution >= 4 is 0 Å². The zero-order valence-electron chi connectivity index (χ0n) is 8.78. The lowest BCUT2D eigenvalue weighted by Crippen LogP contribution is -2.51. The van der Waals surface area contributed by atoms with Crippen molar-refractivity contribution in [2.24, 2.45) is 11.8 Å². The van der Waals surface area contributed by atoms with Crippen LogP contribution >= 0.6 is 0 Å². The van der Waals surface area contributed by atoms with Crippen molar-refractivity contribution < 1.29 is 9.47 Å². The van der Waals surface area contributed by atoms with Crippen molar-refractivity contribution in [2.45, 2.75) is 38.6 Å². The number of hydrogen-bond acceptors (Lipinski definition) is 2. The maximum atomic E-state index is 5.95. The standard InChI is InChI=1S/C11H18O2/c1-7-9-5-6-11(3,13-9)8(2)10(7)12-4/h5-10H,1-4H3/t7-,8-,9+,10-,11-/m1/s1. The van der Waals surface area contributed by atoms with Gasteiger partial charge in [-0.2, -0.15) is 0 Å². The molecule has 2 heteroatoms. The highest BCUT2D eigenvalue weighted by Crippen LogP contribution is 2.43. The van der Waals surface area contributed by atoms with Crippen LogP contribution in [0.5, 0.6) is 0 Å². The summed E-state index contributed by atoms with van der Waals surface area (Å²) in [6.07, 6.45) is 4.95. The van der Waals surface area contributed by atoms with Crippen LogP contribution in [0.25, 0.3) is 0 Å². The van der Waals surface area contributed by atoms with E-state index in [0.717, 1.165) is 0 Å². The molecule has 0 aromatic carbocycles. The molecule has 0 saturated carbocycles. The second-order valence-electron chi connectivity index (χ2n) is 4.47. The van der Waals surface area contributed by atoms with Gasteiger partial charge in [0, 0.05) is 18.9 Å². The van der Waals surface area contributed by atoms with E-state index in [1.807, 2.05) is 0 Å². The van der Waals surface area contributed by atoms with Gasteiger partial charge in [-0.3, -0.25) is 0 Å². The van der Waals surface area contributed by atoms with Gasteiger partial charge in [0.1, 0.15) is 0 Å². The Balaban J connectivity index is 2.28. The van der Waals surface area contributed by atoms with Crippen molar-refractivity contribution in [1.82, 2.24) is 0 Å². The third-order valence-corrected chi connectivity index (χ3v) is 3.71. The molecule has 1 fully saturated rings. The summed E-state index contributed by atoms with van der Waals surface area (Å²) in [7, 11) is 1.80. The monoisotopic (exact) mass is 182 g/mol. The molecule has 0 amide bonds. The topological polar surface area (TPSA) is 18.5 Å². The first-order valence-corrected chi connectivity index (χ1v) is 4.98. The Hall–Kier alpha value is -0.340. The van der Waals surface area contributed by atoms with Gasteiger partial charge in [0.25, 0.3) is 0 Å². The first-order valence-electron chi connectivity index (χ1n) is 4.98. The average Bonchev–Trinajstić information content (AvgIpc) is 2.46. The number of rotatable bonds is 1. The maximum absolute atomic E-state index is 5.95. The van der Waals surface area contributed by atoms with E-state index in [0.29, 0.717) is 17.9 Å². The van der Waals surface area contributed by atoms with E-state index in [1.165, 1.54) is 0 Å². The van der Waals surface area contributed by atoms with Gasteiger partial charge in [-0.1, -0.05) is 26.0 Å². The third-order valence-electron chi connectivity index (χ3n) is 3.71.